The molecule has 0 saturated carbocycles. The van der Waals surface area contributed by atoms with Gasteiger partial charge in [-0.3, -0.25) is 9.88 Å². The molecule has 0 bridgehead atoms. The molecule has 3 rings (SSSR count). The van der Waals surface area contributed by atoms with Crippen LogP contribution in [0.5, 0.6) is 0 Å². The SMILES string of the molecule is Cc1cc(NCc2ccccc2CN2CC(C)OC(C)C2)c(C#N)c(C)n1. The summed E-state index contributed by atoms with van der Waals surface area (Å²) in [5, 5.41) is 12.9. The third-order valence-corrected chi connectivity index (χ3v) is 4.92. The van der Waals surface area contributed by atoms with E-state index in [9.17, 15) is 5.26 Å². The van der Waals surface area contributed by atoms with E-state index in [0.717, 1.165) is 36.7 Å². The first-order valence-corrected chi connectivity index (χ1v) is 9.53. The van der Waals surface area contributed by atoms with Crippen molar-refractivity contribution in [1.82, 2.24) is 9.88 Å². The van der Waals surface area contributed by atoms with Crippen LogP contribution in [-0.4, -0.2) is 35.2 Å². The molecule has 2 aromatic rings. The predicted molar refractivity (Wildman–Crippen MR) is 107 cm³/mol. The Hall–Kier alpha value is -2.42. The smallest absolute Gasteiger partial charge is 0.103 e. The molecule has 27 heavy (non-hydrogen) atoms. The molecule has 0 amide bonds. The van der Waals surface area contributed by atoms with Gasteiger partial charge in [-0.2, -0.15) is 5.26 Å². The number of nitrogens with one attached hydrogen (secondary N) is 1. The average Bonchev–Trinajstić information content (AvgIpc) is 2.59. The summed E-state index contributed by atoms with van der Waals surface area (Å²) in [6.45, 7) is 11.6. The average molecular weight is 364 g/mol. The van der Waals surface area contributed by atoms with Crippen LogP contribution < -0.4 is 5.32 Å². The lowest BCUT2D eigenvalue weighted by molar-refractivity contribution is -0.0705. The number of hydrogen-bond donors (Lipinski definition) is 1. The van der Waals surface area contributed by atoms with Gasteiger partial charge in [0.1, 0.15) is 6.07 Å². The molecule has 1 saturated heterocycles. The molecule has 5 nitrogen and oxygen atoms in total. The highest BCUT2D eigenvalue weighted by Gasteiger charge is 2.22. The van der Waals surface area contributed by atoms with Crippen LogP contribution in [0, 0.1) is 25.2 Å². The van der Waals surface area contributed by atoms with Gasteiger partial charge in [-0.1, -0.05) is 24.3 Å². The van der Waals surface area contributed by atoms with Gasteiger partial charge in [0.15, 0.2) is 0 Å². The van der Waals surface area contributed by atoms with E-state index in [1.165, 1.54) is 11.1 Å². The van der Waals surface area contributed by atoms with E-state index in [4.69, 9.17) is 4.74 Å². The Balaban J connectivity index is 1.75. The van der Waals surface area contributed by atoms with Crippen LogP contribution in [0.4, 0.5) is 5.69 Å². The number of pyridine rings is 1. The molecule has 2 unspecified atom stereocenters. The van der Waals surface area contributed by atoms with E-state index < -0.39 is 0 Å². The van der Waals surface area contributed by atoms with Crippen LogP contribution in [-0.2, 0) is 17.8 Å². The van der Waals surface area contributed by atoms with Crippen LogP contribution >= 0.6 is 0 Å². The van der Waals surface area contributed by atoms with Crippen molar-refractivity contribution < 1.29 is 4.74 Å². The molecule has 1 aliphatic heterocycles. The van der Waals surface area contributed by atoms with Crippen molar-refractivity contribution >= 4 is 5.69 Å². The number of aromatic nitrogens is 1. The number of ether oxygens (including phenoxy) is 1. The first-order chi connectivity index (χ1) is 13.0. The highest BCUT2D eigenvalue weighted by Crippen LogP contribution is 2.21. The second-order valence-corrected chi connectivity index (χ2v) is 7.46. The van der Waals surface area contributed by atoms with E-state index in [1.54, 1.807) is 0 Å². The number of morpholine rings is 1. The summed E-state index contributed by atoms with van der Waals surface area (Å²) in [4.78, 5) is 6.85. The topological polar surface area (TPSA) is 61.2 Å². The lowest BCUT2D eigenvalue weighted by atomic mass is 10.1. The molecule has 1 aromatic heterocycles. The summed E-state index contributed by atoms with van der Waals surface area (Å²) in [7, 11) is 0. The minimum atomic E-state index is 0.264. The Morgan fingerprint density at radius 1 is 1.19 bits per heavy atom. The van der Waals surface area contributed by atoms with Gasteiger partial charge in [0.2, 0.25) is 0 Å². The number of nitriles is 1. The van der Waals surface area contributed by atoms with Gasteiger partial charge >= 0.3 is 0 Å². The molecule has 5 heteroatoms. The van der Waals surface area contributed by atoms with Crippen LogP contribution in [0.2, 0.25) is 0 Å². The largest absolute Gasteiger partial charge is 0.380 e. The van der Waals surface area contributed by atoms with E-state index in [-0.39, 0.29) is 12.2 Å². The molecular weight excluding hydrogens is 336 g/mol. The Morgan fingerprint density at radius 2 is 1.85 bits per heavy atom. The van der Waals surface area contributed by atoms with Crippen LogP contribution in [0.15, 0.2) is 30.3 Å². The molecule has 0 spiro atoms. The molecule has 1 aromatic carbocycles. The van der Waals surface area contributed by atoms with Crippen molar-refractivity contribution in [2.75, 3.05) is 18.4 Å². The van der Waals surface area contributed by atoms with Gasteiger partial charge in [-0.05, 0) is 44.9 Å². The molecule has 1 fully saturated rings. The predicted octanol–water partition coefficient (Wildman–Crippen LogP) is 3.79. The quantitative estimate of drug-likeness (QED) is 0.874. The Bertz CT molecular complexity index is 833. The van der Waals surface area contributed by atoms with Gasteiger partial charge in [0.05, 0.1) is 29.2 Å². The summed E-state index contributed by atoms with van der Waals surface area (Å²) in [6.07, 6.45) is 0.528. The van der Waals surface area contributed by atoms with Crippen LogP contribution in [0.1, 0.15) is 41.9 Å². The molecule has 0 radical (unpaired) electrons. The Labute approximate surface area is 162 Å². The number of anilines is 1. The molecule has 1 aliphatic rings. The zero-order chi connectivity index (χ0) is 19.4. The van der Waals surface area contributed by atoms with Crippen molar-refractivity contribution in [3.05, 3.63) is 58.4 Å². The van der Waals surface area contributed by atoms with Gasteiger partial charge in [-0.15, -0.1) is 0 Å². The van der Waals surface area contributed by atoms with Crippen molar-refractivity contribution in [3.8, 4) is 6.07 Å². The van der Waals surface area contributed by atoms with E-state index >= 15 is 0 Å². The number of aryl methyl sites for hydroxylation is 2. The van der Waals surface area contributed by atoms with Gasteiger partial charge in [0.25, 0.3) is 0 Å². The Kier molecular flexibility index (Phi) is 6.10. The standard InChI is InChI=1S/C22H28N4O/c1-15-9-22(21(10-23)18(4)25-15)24-11-19-7-5-6-8-20(19)14-26-12-16(2)27-17(3)13-26/h5-9,16-17H,11-14H2,1-4H3,(H,24,25). The normalized spacial score (nSPS) is 20.3. The maximum Gasteiger partial charge on any atom is 0.103 e. The molecule has 2 atom stereocenters. The lowest BCUT2D eigenvalue weighted by Crippen LogP contribution is -2.44. The first-order valence-electron chi connectivity index (χ1n) is 9.53. The number of benzene rings is 1. The number of hydrogen-bond acceptors (Lipinski definition) is 5. The lowest BCUT2D eigenvalue weighted by Gasteiger charge is -2.35. The number of nitrogens with zero attached hydrogens (tertiary/aromatic N) is 3. The fourth-order valence-electron chi connectivity index (χ4n) is 3.84. The first kappa shape index (κ1) is 19.3. The molecule has 142 valence electrons. The molecular formula is C22H28N4O. The maximum atomic E-state index is 9.46. The van der Waals surface area contributed by atoms with Crippen molar-refractivity contribution in [2.45, 2.75) is 53.0 Å². The molecule has 2 heterocycles. The second kappa shape index (κ2) is 8.51. The van der Waals surface area contributed by atoms with Gasteiger partial charge in [-0.25, -0.2) is 0 Å². The summed E-state index contributed by atoms with van der Waals surface area (Å²) >= 11 is 0. The number of rotatable bonds is 5. The highest BCUT2D eigenvalue weighted by molar-refractivity contribution is 5.60. The fourth-order valence-corrected chi connectivity index (χ4v) is 3.84. The maximum absolute atomic E-state index is 9.46. The summed E-state index contributed by atoms with van der Waals surface area (Å²) in [6, 6.07) is 12.7. The third kappa shape index (κ3) is 4.85. The monoisotopic (exact) mass is 364 g/mol. The minimum absolute atomic E-state index is 0.264. The van der Waals surface area contributed by atoms with Crippen LogP contribution in [0.3, 0.4) is 0 Å². The zero-order valence-corrected chi connectivity index (χ0v) is 16.6. The summed E-state index contributed by atoms with van der Waals surface area (Å²) < 4.78 is 5.85. The molecule has 0 aliphatic carbocycles. The Morgan fingerprint density at radius 3 is 2.52 bits per heavy atom. The van der Waals surface area contributed by atoms with Crippen molar-refractivity contribution in [2.24, 2.45) is 0 Å². The summed E-state index contributed by atoms with van der Waals surface area (Å²) in [5.74, 6) is 0. The highest BCUT2D eigenvalue weighted by atomic mass is 16.5. The van der Waals surface area contributed by atoms with Crippen molar-refractivity contribution in [3.63, 3.8) is 0 Å². The zero-order valence-electron chi connectivity index (χ0n) is 16.6. The van der Waals surface area contributed by atoms with Gasteiger partial charge < -0.3 is 10.1 Å². The van der Waals surface area contributed by atoms with Crippen molar-refractivity contribution in [1.29, 1.82) is 5.26 Å². The van der Waals surface area contributed by atoms with E-state index in [0.29, 0.717) is 12.1 Å². The fraction of sp³-hybridized carbons (Fsp3) is 0.455. The van der Waals surface area contributed by atoms with E-state index in [1.807, 2.05) is 19.9 Å². The third-order valence-electron chi connectivity index (χ3n) is 4.92. The van der Waals surface area contributed by atoms with Crippen LogP contribution in [0.25, 0.3) is 0 Å². The summed E-state index contributed by atoms with van der Waals surface area (Å²) in [5.41, 5.74) is 5.72. The van der Waals surface area contributed by atoms with Gasteiger partial charge in [0, 0.05) is 31.9 Å². The minimum Gasteiger partial charge on any atom is -0.380 e. The second-order valence-electron chi connectivity index (χ2n) is 7.46. The van der Waals surface area contributed by atoms with E-state index in [2.05, 4.69) is 59.4 Å². The molecule has 1 N–H and O–H groups in total.